The Bertz CT molecular complexity index is 1330. The van der Waals surface area contributed by atoms with Crippen molar-refractivity contribution in [1.82, 2.24) is 0 Å². The fraction of sp³-hybridized carbons (Fsp3) is 0.0476. The summed E-state index contributed by atoms with van der Waals surface area (Å²) in [6.07, 6.45) is 0. The molecule has 0 aliphatic heterocycles. The number of fused-ring (bicyclic) bond motifs is 1. The number of halogens is 3. The lowest BCUT2D eigenvalue weighted by Crippen LogP contribution is -2.15. The molecule has 6 nitrogen and oxygen atoms in total. The summed E-state index contributed by atoms with van der Waals surface area (Å²) in [5, 5.41) is -0.381. The number of ketones is 1. The first-order valence-corrected chi connectivity index (χ1v) is 9.14. The maximum atomic E-state index is 14.2. The lowest BCUT2D eigenvalue weighted by Gasteiger charge is -2.03. The number of amides is 1. The largest absolute Gasteiger partial charge is 0.453 e. The molecule has 2 heterocycles. The van der Waals surface area contributed by atoms with Crippen LogP contribution in [0.3, 0.4) is 0 Å². The van der Waals surface area contributed by atoms with E-state index in [-0.39, 0.29) is 11.1 Å². The van der Waals surface area contributed by atoms with Crippen molar-refractivity contribution in [3.8, 4) is 11.3 Å². The SMILES string of the molecule is NC(=O)c1oc2c(F)cc(F)c(N)c2c1C(=O)c1ccc(-c2cccc(CCl)c2)o1. The molecule has 0 aliphatic carbocycles. The van der Waals surface area contributed by atoms with Crippen molar-refractivity contribution < 1.29 is 27.2 Å². The van der Waals surface area contributed by atoms with Crippen molar-refractivity contribution in [1.29, 1.82) is 0 Å². The number of furan rings is 2. The summed E-state index contributed by atoms with van der Waals surface area (Å²) in [6, 6.07) is 10.5. The standard InChI is InChI=1S/C21H13ClF2N2O4/c22-8-9-2-1-3-10(6-9)13-4-5-14(29-13)18(27)16-15-17(25)11(23)7-12(24)19(15)30-20(16)21(26)28/h1-7H,8,25H2,(H2,26,28). The fourth-order valence-electron chi connectivity index (χ4n) is 3.17. The number of nitrogens with two attached hydrogens (primary N) is 2. The predicted octanol–water partition coefficient (Wildman–Crippen LogP) is 4.62. The molecule has 2 aromatic heterocycles. The van der Waals surface area contributed by atoms with Crippen molar-refractivity contribution in [3.05, 3.63) is 76.7 Å². The lowest BCUT2D eigenvalue weighted by molar-refractivity contribution is 0.0953. The van der Waals surface area contributed by atoms with Gasteiger partial charge in [0.25, 0.3) is 5.91 Å². The van der Waals surface area contributed by atoms with Gasteiger partial charge in [-0.15, -0.1) is 11.6 Å². The summed E-state index contributed by atoms with van der Waals surface area (Å²) in [6.45, 7) is 0. The van der Waals surface area contributed by atoms with E-state index in [9.17, 15) is 18.4 Å². The third-order valence-corrected chi connectivity index (χ3v) is 4.86. The first-order chi connectivity index (χ1) is 14.3. The Kier molecular flexibility index (Phi) is 4.79. The molecule has 0 unspecified atom stereocenters. The maximum absolute atomic E-state index is 14.2. The highest BCUT2D eigenvalue weighted by atomic mass is 35.5. The second kappa shape index (κ2) is 7.31. The fourth-order valence-corrected chi connectivity index (χ4v) is 3.33. The van der Waals surface area contributed by atoms with Crippen LogP contribution in [0.5, 0.6) is 0 Å². The normalized spacial score (nSPS) is 11.2. The summed E-state index contributed by atoms with van der Waals surface area (Å²) in [4.78, 5) is 24.9. The summed E-state index contributed by atoms with van der Waals surface area (Å²) < 4.78 is 38.9. The zero-order valence-corrected chi connectivity index (χ0v) is 15.9. The Hall–Kier alpha value is -3.65. The van der Waals surface area contributed by atoms with Crippen LogP contribution in [0.25, 0.3) is 22.3 Å². The first-order valence-electron chi connectivity index (χ1n) is 8.61. The molecule has 0 saturated heterocycles. The molecule has 2 aromatic carbocycles. The van der Waals surface area contributed by atoms with Gasteiger partial charge in [0.05, 0.1) is 16.6 Å². The maximum Gasteiger partial charge on any atom is 0.285 e. The van der Waals surface area contributed by atoms with Crippen molar-refractivity contribution in [2.45, 2.75) is 5.88 Å². The highest BCUT2D eigenvalue weighted by Crippen LogP contribution is 2.36. The molecule has 4 aromatic rings. The minimum absolute atomic E-state index is 0.199. The number of hydrogen-bond acceptors (Lipinski definition) is 5. The highest BCUT2D eigenvalue weighted by Gasteiger charge is 2.31. The van der Waals surface area contributed by atoms with E-state index in [2.05, 4.69) is 0 Å². The lowest BCUT2D eigenvalue weighted by atomic mass is 10.0. The van der Waals surface area contributed by atoms with Crippen molar-refractivity contribution in [2.75, 3.05) is 5.73 Å². The quantitative estimate of drug-likeness (QED) is 0.272. The summed E-state index contributed by atoms with van der Waals surface area (Å²) in [5.41, 5.74) is 10.9. The van der Waals surface area contributed by atoms with Gasteiger partial charge in [-0.3, -0.25) is 9.59 Å². The monoisotopic (exact) mass is 430 g/mol. The Balaban J connectivity index is 1.87. The molecule has 1 amide bonds. The van der Waals surface area contributed by atoms with Gasteiger partial charge in [0.2, 0.25) is 11.5 Å². The molecule has 30 heavy (non-hydrogen) atoms. The van der Waals surface area contributed by atoms with Crippen molar-refractivity contribution in [2.24, 2.45) is 5.73 Å². The molecule has 4 N–H and O–H groups in total. The molecule has 0 aliphatic rings. The summed E-state index contributed by atoms with van der Waals surface area (Å²) in [7, 11) is 0. The number of carbonyl (C=O) groups is 2. The number of anilines is 1. The van der Waals surface area contributed by atoms with Gasteiger partial charge in [0.15, 0.2) is 17.2 Å². The van der Waals surface area contributed by atoms with E-state index < -0.39 is 45.9 Å². The number of alkyl halides is 1. The van der Waals surface area contributed by atoms with Crippen LogP contribution in [-0.2, 0) is 5.88 Å². The second-order valence-electron chi connectivity index (χ2n) is 6.46. The van der Waals surface area contributed by atoms with Crippen LogP contribution in [-0.4, -0.2) is 11.7 Å². The molecule has 4 rings (SSSR count). The molecule has 0 radical (unpaired) electrons. The average molecular weight is 431 g/mol. The average Bonchev–Trinajstić information content (AvgIpc) is 3.37. The Morgan fingerprint density at radius 3 is 2.50 bits per heavy atom. The predicted molar refractivity (Wildman–Crippen MR) is 106 cm³/mol. The molecule has 0 spiro atoms. The van der Waals surface area contributed by atoms with Crippen LogP contribution >= 0.6 is 11.6 Å². The second-order valence-corrected chi connectivity index (χ2v) is 6.72. The van der Waals surface area contributed by atoms with Gasteiger partial charge >= 0.3 is 0 Å². The van der Waals surface area contributed by atoms with E-state index in [4.69, 9.17) is 31.9 Å². The van der Waals surface area contributed by atoms with Gasteiger partial charge in [-0.25, -0.2) is 8.78 Å². The van der Waals surface area contributed by atoms with Crippen LogP contribution in [0.4, 0.5) is 14.5 Å². The van der Waals surface area contributed by atoms with Crippen LogP contribution in [0.2, 0.25) is 0 Å². The van der Waals surface area contributed by atoms with E-state index in [1.54, 1.807) is 18.2 Å². The number of carbonyl (C=O) groups excluding carboxylic acids is 2. The van der Waals surface area contributed by atoms with Gasteiger partial charge in [-0.05, 0) is 23.8 Å². The van der Waals surface area contributed by atoms with Crippen LogP contribution in [0.15, 0.2) is 51.3 Å². The first kappa shape index (κ1) is 19.7. The Morgan fingerprint density at radius 2 is 1.80 bits per heavy atom. The molecule has 152 valence electrons. The van der Waals surface area contributed by atoms with E-state index >= 15 is 0 Å². The van der Waals surface area contributed by atoms with Gasteiger partial charge in [0, 0.05) is 17.5 Å². The van der Waals surface area contributed by atoms with E-state index in [0.717, 1.165) is 5.56 Å². The van der Waals surface area contributed by atoms with E-state index in [1.165, 1.54) is 12.1 Å². The number of primary amides is 1. The third kappa shape index (κ3) is 3.11. The molecule has 0 fully saturated rings. The topological polar surface area (TPSA) is 112 Å². The van der Waals surface area contributed by atoms with E-state index in [0.29, 0.717) is 23.3 Å². The number of rotatable bonds is 5. The zero-order valence-electron chi connectivity index (χ0n) is 15.2. The molecular formula is C21H13ClF2N2O4. The van der Waals surface area contributed by atoms with Crippen LogP contribution in [0.1, 0.15) is 32.2 Å². The smallest absolute Gasteiger partial charge is 0.285 e. The number of nitrogen functional groups attached to an aromatic ring is 1. The molecule has 0 saturated carbocycles. The zero-order chi connectivity index (χ0) is 21.6. The highest BCUT2D eigenvalue weighted by molar-refractivity contribution is 6.22. The molecule has 9 heteroatoms. The van der Waals surface area contributed by atoms with Gasteiger partial charge in [0.1, 0.15) is 11.6 Å². The molecule has 0 bridgehead atoms. The molecule has 0 atom stereocenters. The Labute approximate surface area is 173 Å². The van der Waals surface area contributed by atoms with Gasteiger partial charge < -0.3 is 20.3 Å². The molecular weight excluding hydrogens is 418 g/mol. The Morgan fingerprint density at radius 1 is 1.03 bits per heavy atom. The van der Waals surface area contributed by atoms with Crippen LogP contribution in [0, 0.1) is 11.6 Å². The summed E-state index contributed by atoms with van der Waals surface area (Å²) >= 11 is 5.84. The van der Waals surface area contributed by atoms with Crippen molar-refractivity contribution in [3.63, 3.8) is 0 Å². The third-order valence-electron chi connectivity index (χ3n) is 4.55. The van der Waals surface area contributed by atoms with E-state index in [1.807, 2.05) is 6.07 Å². The minimum Gasteiger partial charge on any atom is -0.453 e. The van der Waals surface area contributed by atoms with Gasteiger partial charge in [-0.2, -0.15) is 0 Å². The van der Waals surface area contributed by atoms with Crippen LogP contribution < -0.4 is 11.5 Å². The number of benzene rings is 2. The number of hydrogen-bond donors (Lipinski definition) is 2. The van der Waals surface area contributed by atoms with Crippen molar-refractivity contribution >= 4 is 39.9 Å². The minimum atomic E-state index is -1.14. The summed E-state index contributed by atoms with van der Waals surface area (Å²) in [5.74, 6) is -4.44. The van der Waals surface area contributed by atoms with Gasteiger partial charge in [-0.1, -0.05) is 18.2 Å².